The number of aromatic nitrogens is 2. The Hall–Kier alpha value is -2.01. The van der Waals surface area contributed by atoms with E-state index in [9.17, 15) is 9.50 Å². The highest BCUT2D eigenvalue weighted by Crippen LogP contribution is 2.19. The quantitative estimate of drug-likeness (QED) is 0.897. The van der Waals surface area contributed by atoms with Crippen molar-refractivity contribution >= 4 is 0 Å². The molecular formula is C13H13FN2O2. The van der Waals surface area contributed by atoms with E-state index in [0.717, 1.165) is 0 Å². The summed E-state index contributed by atoms with van der Waals surface area (Å²) in [5.41, 5.74) is 1.16. The SMILES string of the molecule is COc1cc(CC(O)c2cccc(F)c2)ncn1. The van der Waals surface area contributed by atoms with Gasteiger partial charge in [0.15, 0.2) is 0 Å². The molecule has 0 spiro atoms. The van der Waals surface area contributed by atoms with Gasteiger partial charge in [0.1, 0.15) is 12.1 Å². The third-order valence-electron chi connectivity index (χ3n) is 2.54. The van der Waals surface area contributed by atoms with Gasteiger partial charge in [-0.05, 0) is 17.7 Å². The van der Waals surface area contributed by atoms with Crippen LogP contribution in [0.25, 0.3) is 0 Å². The van der Waals surface area contributed by atoms with Crippen molar-refractivity contribution in [3.63, 3.8) is 0 Å². The van der Waals surface area contributed by atoms with Crippen molar-refractivity contribution < 1.29 is 14.2 Å². The number of hydrogen-bond acceptors (Lipinski definition) is 4. The third-order valence-corrected chi connectivity index (χ3v) is 2.54. The second kappa shape index (κ2) is 5.55. The lowest BCUT2D eigenvalue weighted by Gasteiger charge is -2.10. The molecule has 2 aromatic rings. The number of ether oxygens (including phenoxy) is 1. The summed E-state index contributed by atoms with van der Waals surface area (Å²) in [6.45, 7) is 0. The van der Waals surface area contributed by atoms with Gasteiger partial charge in [-0.15, -0.1) is 0 Å². The average Bonchev–Trinajstić information content (AvgIpc) is 2.39. The summed E-state index contributed by atoms with van der Waals surface area (Å²) in [5, 5.41) is 9.99. The van der Waals surface area contributed by atoms with E-state index in [-0.39, 0.29) is 12.2 Å². The molecule has 1 atom stereocenters. The van der Waals surface area contributed by atoms with Gasteiger partial charge >= 0.3 is 0 Å². The second-order valence-corrected chi connectivity index (χ2v) is 3.83. The Morgan fingerprint density at radius 2 is 2.17 bits per heavy atom. The highest BCUT2D eigenvalue weighted by Gasteiger charge is 2.11. The molecule has 2 rings (SSSR count). The van der Waals surface area contributed by atoms with Crippen molar-refractivity contribution in [3.8, 4) is 5.88 Å². The first kappa shape index (κ1) is 12.4. The predicted octanol–water partition coefficient (Wildman–Crippen LogP) is 1.90. The van der Waals surface area contributed by atoms with E-state index in [2.05, 4.69) is 9.97 Å². The van der Waals surface area contributed by atoms with Crippen LogP contribution in [0.1, 0.15) is 17.4 Å². The molecule has 94 valence electrons. The van der Waals surface area contributed by atoms with Crippen LogP contribution < -0.4 is 4.74 Å². The van der Waals surface area contributed by atoms with Gasteiger partial charge in [0.25, 0.3) is 0 Å². The Labute approximate surface area is 104 Å². The van der Waals surface area contributed by atoms with Crippen molar-refractivity contribution in [3.05, 3.63) is 53.7 Å². The summed E-state index contributed by atoms with van der Waals surface area (Å²) in [6, 6.07) is 7.52. The Bertz CT molecular complexity index is 534. The van der Waals surface area contributed by atoms with E-state index in [1.165, 1.54) is 25.6 Å². The highest BCUT2D eigenvalue weighted by atomic mass is 19.1. The summed E-state index contributed by atoms with van der Waals surface area (Å²) in [6.07, 6.45) is 0.842. The molecule has 0 aliphatic carbocycles. The van der Waals surface area contributed by atoms with Crippen LogP contribution in [0.2, 0.25) is 0 Å². The second-order valence-electron chi connectivity index (χ2n) is 3.83. The smallest absolute Gasteiger partial charge is 0.216 e. The van der Waals surface area contributed by atoms with Crippen LogP contribution in [0, 0.1) is 5.82 Å². The lowest BCUT2D eigenvalue weighted by molar-refractivity contribution is 0.176. The van der Waals surface area contributed by atoms with Crippen LogP contribution in [0.5, 0.6) is 5.88 Å². The standard InChI is InChI=1S/C13H13FN2O2/c1-18-13-7-11(15-8-16-13)6-12(17)9-3-2-4-10(14)5-9/h2-5,7-8,12,17H,6H2,1H3. The van der Waals surface area contributed by atoms with Crippen molar-refractivity contribution in [1.29, 1.82) is 0 Å². The fraction of sp³-hybridized carbons (Fsp3) is 0.231. The highest BCUT2D eigenvalue weighted by molar-refractivity contribution is 5.21. The number of halogens is 1. The maximum Gasteiger partial charge on any atom is 0.216 e. The molecule has 0 radical (unpaired) electrons. The lowest BCUT2D eigenvalue weighted by atomic mass is 10.0. The van der Waals surface area contributed by atoms with Gasteiger partial charge in [-0.3, -0.25) is 0 Å². The molecule has 1 N–H and O–H groups in total. The van der Waals surface area contributed by atoms with Gasteiger partial charge in [-0.1, -0.05) is 12.1 Å². The number of rotatable bonds is 4. The van der Waals surface area contributed by atoms with E-state index < -0.39 is 6.10 Å². The molecule has 1 unspecified atom stereocenters. The summed E-state index contributed by atoms with van der Waals surface area (Å²) in [5.74, 6) is 0.0678. The first-order valence-electron chi connectivity index (χ1n) is 5.47. The Balaban J connectivity index is 2.13. The Morgan fingerprint density at radius 1 is 1.33 bits per heavy atom. The Morgan fingerprint density at radius 3 is 2.89 bits per heavy atom. The first-order valence-corrected chi connectivity index (χ1v) is 5.47. The van der Waals surface area contributed by atoms with Gasteiger partial charge in [-0.25, -0.2) is 14.4 Å². The zero-order valence-electron chi connectivity index (χ0n) is 9.88. The zero-order valence-corrected chi connectivity index (χ0v) is 9.88. The number of nitrogens with zero attached hydrogens (tertiary/aromatic N) is 2. The van der Waals surface area contributed by atoms with Crippen molar-refractivity contribution in [2.24, 2.45) is 0 Å². The summed E-state index contributed by atoms with van der Waals surface area (Å²) in [7, 11) is 1.51. The normalized spacial score (nSPS) is 12.2. The van der Waals surface area contributed by atoms with Crippen molar-refractivity contribution in [2.45, 2.75) is 12.5 Å². The maximum absolute atomic E-state index is 13.0. The molecular weight excluding hydrogens is 235 g/mol. The van der Waals surface area contributed by atoms with Crippen LogP contribution in [0.4, 0.5) is 4.39 Å². The zero-order chi connectivity index (χ0) is 13.0. The first-order chi connectivity index (χ1) is 8.69. The summed E-state index contributed by atoms with van der Waals surface area (Å²) >= 11 is 0. The average molecular weight is 248 g/mol. The van der Waals surface area contributed by atoms with E-state index >= 15 is 0 Å². The van der Waals surface area contributed by atoms with Crippen LogP contribution in [0.15, 0.2) is 36.7 Å². The molecule has 5 heteroatoms. The van der Waals surface area contributed by atoms with Crippen LogP contribution >= 0.6 is 0 Å². The largest absolute Gasteiger partial charge is 0.481 e. The van der Waals surface area contributed by atoms with Gasteiger partial charge in [-0.2, -0.15) is 0 Å². The van der Waals surface area contributed by atoms with E-state index in [0.29, 0.717) is 17.1 Å². The van der Waals surface area contributed by atoms with Crippen LogP contribution in [-0.2, 0) is 6.42 Å². The fourth-order valence-corrected chi connectivity index (χ4v) is 1.63. The molecule has 0 aliphatic rings. The summed E-state index contributed by atoms with van der Waals surface area (Å²) < 4.78 is 18.0. The molecule has 1 aromatic heterocycles. The minimum absolute atomic E-state index is 0.280. The number of methoxy groups -OCH3 is 1. The predicted molar refractivity (Wildman–Crippen MR) is 63.6 cm³/mol. The minimum Gasteiger partial charge on any atom is -0.481 e. The van der Waals surface area contributed by atoms with Crippen LogP contribution in [-0.4, -0.2) is 22.2 Å². The van der Waals surface area contributed by atoms with Gasteiger partial charge in [0.05, 0.1) is 18.9 Å². The van der Waals surface area contributed by atoms with Crippen LogP contribution in [0.3, 0.4) is 0 Å². The van der Waals surface area contributed by atoms with Crippen molar-refractivity contribution in [2.75, 3.05) is 7.11 Å². The number of aliphatic hydroxyl groups is 1. The molecule has 0 aliphatic heterocycles. The number of hydrogen-bond donors (Lipinski definition) is 1. The lowest BCUT2D eigenvalue weighted by Crippen LogP contribution is -2.04. The van der Waals surface area contributed by atoms with Crippen molar-refractivity contribution in [1.82, 2.24) is 9.97 Å². The molecule has 4 nitrogen and oxygen atoms in total. The van der Waals surface area contributed by atoms with Gasteiger partial charge in [0.2, 0.25) is 5.88 Å². The monoisotopic (exact) mass is 248 g/mol. The molecule has 1 aromatic carbocycles. The number of benzene rings is 1. The third kappa shape index (κ3) is 3.01. The molecule has 18 heavy (non-hydrogen) atoms. The van der Waals surface area contributed by atoms with Gasteiger partial charge in [0, 0.05) is 12.5 Å². The van der Waals surface area contributed by atoms with E-state index in [1.54, 1.807) is 18.2 Å². The molecule has 0 fully saturated rings. The molecule has 0 amide bonds. The molecule has 0 bridgehead atoms. The molecule has 1 heterocycles. The maximum atomic E-state index is 13.0. The fourth-order valence-electron chi connectivity index (χ4n) is 1.63. The summed E-state index contributed by atoms with van der Waals surface area (Å²) in [4.78, 5) is 7.91. The minimum atomic E-state index is -0.805. The van der Waals surface area contributed by atoms with Gasteiger partial charge < -0.3 is 9.84 Å². The number of aliphatic hydroxyl groups excluding tert-OH is 1. The topological polar surface area (TPSA) is 55.2 Å². The Kier molecular flexibility index (Phi) is 3.84. The molecule has 0 saturated carbocycles. The molecule has 0 saturated heterocycles. The van der Waals surface area contributed by atoms with E-state index in [1.807, 2.05) is 0 Å². The van der Waals surface area contributed by atoms with E-state index in [4.69, 9.17) is 4.74 Å².